The van der Waals surface area contributed by atoms with Crippen LogP contribution in [0.3, 0.4) is 0 Å². The number of carboxylic acid groups (broad SMARTS) is 1. The van der Waals surface area contributed by atoms with E-state index >= 15 is 0 Å². The van der Waals surface area contributed by atoms with Gasteiger partial charge in [-0.05, 0) is 47.0 Å². The summed E-state index contributed by atoms with van der Waals surface area (Å²) in [4.78, 5) is 21.5. The summed E-state index contributed by atoms with van der Waals surface area (Å²) in [5.74, 6) is -0.480. The van der Waals surface area contributed by atoms with Crippen LogP contribution in [-0.4, -0.2) is 23.1 Å². The Morgan fingerprint density at radius 3 is 2.48 bits per heavy atom. The third-order valence-electron chi connectivity index (χ3n) is 4.63. The van der Waals surface area contributed by atoms with Crippen LogP contribution in [0.2, 0.25) is 5.02 Å². The lowest BCUT2D eigenvalue weighted by molar-refractivity contribution is -0.384. The van der Waals surface area contributed by atoms with Gasteiger partial charge in [-0.15, -0.1) is 0 Å². The number of benzene rings is 3. The maximum atomic E-state index is 11.0. The van der Waals surface area contributed by atoms with E-state index in [-0.39, 0.29) is 28.6 Å². The third kappa shape index (κ3) is 5.67. The standard InChI is InChI=1S/C24H17ClN2O6/c1-32-22-12-16(9-19(13-26)17-5-7-18(8-6-17)24(28)29)11-21(25)23(22)33-14-15-3-2-4-20(10-15)27(30)31/h2-12H,14H2,1H3,(H,28,29)/b19-9-. The minimum absolute atomic E-state index is 0.0340. The van der Waals surface area contributed by atoms with E-state index in [1.165, 1.54) is 31.4 Å². The van der Waals surface area contributed by atoms with Crippen molar-refractivity contribution in [1.82, 2.24) is 0 Å². The lowest BCUT2D eigenvalue weighted by Crippen LogP contribution is -2.00. The molecule has 0 saturated heterocycles. The number of aromatic carboxylic acids is 1. The van der Waals surface area contributed by atoms with Crippen LogP contribution in [0.4, 0.5) is 5.69 Å². The van der Waals surface area contributed by atoms with E-state index < -0.39 is 10.9 Å². The molecule has 3 aromatic carbocycles. The smallest absolute Gasteiger partial charge is 0.335 e. The molecule has 0 radical (unpaired) electrons. The number of carbonyl (C=O) groups is 1. The minimum atomic E-state index is -1.05. The summed E-state index contributed by atoms with van der Waals surface area (Å²) >= 11 is 6.40. The van der Waals surface area contributed by atoms with Gasteiger partial charge >= 0.3 is 5.97 Å². The largest absolute Gasteiger partial charge is 0.493 e. The number of hydrogen-bond donors (Lipinski definition) is 1. The second-order valence-electron chi connectivity index (χ2n) is 6.80. The number of nitro groups is 1. The van der Waals surface area contributed by atoms with Crippen LogP contribution in [-0.2, 0) is 6.61 Å². The molecule has 0 aliphatic rings. The van der Waals surface area contributed by atoms with Gasteiger partial charge in [-0.1, -0.05) is 35.9 Å². The van der Waals surface area contributed by atoms with Crippen molar-refractivity contribution in [1.29, 1.82) is 5.26 Å². The van der Waals surface area contributed by atoms with E-state index in [1.54, 1.807) is 42.5 Å². The highest BCUT2D eigenvalue weighted by Gasteiger charge is 2.14. The molecule has 0 saturated carbocycles. The number of hydrogen-bond acceptors (Lipinski definition) is 6. The number of nitriles is 1. The van der Waals surface area contributed by atoms with E-state index in [9.17, 15) is 20.2 Å². The van der Waals surface area contributed by atoms with Gasteiger partial charge in [0, 0.05) is 12.1 Å². The van der Waals surface area contributed by atoms with E-state index in [2.05, 4.69) is 6.07 Å². The van der Waals surface area contributed by atoms with Gasteiger partial charge in [0.05, 0.1) is 34.3 Å². The predicted molar refractivity (Wildman–Crippen MR) is 122 cm³/mol. The highest BCUT2D eigenvalue weighted by Crippen LogP contribution is 2.38. The van der Waals surface area contributed by atoms with Crippen molar-refractivity contribution in [2.45, 2.75) is 6.61 Å². The molecule has 0 bridgehead atoms. The van der Waals surface area contributed by atoms with Gasteiger partial charge in [-0.3, -0.25) is 10.1 Å². The van der Waals surface area contributed by atoms with Gasteiger partial charge < -0.3 is 14.6 Å². The molecule has 0 unspecified atom stereocenters. The minimum Gasteiger partial charge on any atom is -0.493 e. The number of methoxy groups -OCH3 is 1. The van der Waals surface area contributed by atoms with Crippen molar-refractivity contribution in [2.75, 3.05) is 7.11 Å². The van der Waals surface area contributed by atoms with Crippen LogP contribution in [0, 0.1) is 21.4 Å². The molecular weight excluding hydrogens is 448 g/mol. The van der Waals surface area contributed by atoms with Crippen molar-refractivity contribution in [2.24, 2.45) is 0 Å². The van der Waals surface area contributed by atoms with Crippen LogP contribution in [0.25, 0.3) is 11.6 Å². The number of nitrogens with zero attached hydrogens (tertiary/aromatic N) is 2. The molecule has 0 atom stereocenters. The average Bonchev–Trinajstić information content (AvgIpc) is 2.81. The lowest BCUT2D eigenvalue weighted by Gasteiger charge is -2.13. The van der Waals surface area contributed by atoms with Crippen molar-refractivity contribution in [3.05, 3.63) is 98.1 Å². The Morgan fingerprint density at radius 1 is 1.18 bits per heavy atom. The molecule has 0 spiro atoms. The summed E-state index contributed by atoms with van der Waals surface area (Å²) in [7, 11) is 1.44. The van der Waals surface area contributed by atoms with E-state index in [0.29, 0.717) is 28.0 Å². The maximum Gasteiger partial charge on any atom is 0.335 e. The van der Waals surface area contributed by atoms with Crippen molar-refractivity contribution in [3.63, 3.8) is 0 Å². The van der Waals surface area contributed by atoms with Gasteiger partial charge in [-0.25, -0.2) is 4.79 Å². The number of ether oxygens (including phenoxy) is 2. The molecule has 0 amide bonds. The van der Waals surface area contributed by atoms with Crippen molar-refractivity contribution < 1.29 is 24.3 Å². The normalized spacial score (nSPS) is 10.9. The maximum absolute atomic E-state index is 11.0. The molecule has 8 nitrogen and oxygen atoms in total. The fourth-order valence-corrected chi connectivity index (χ4v) is 3.29. The van der Waals surface area contributed by atoms with Crippen LogP contribution >= 0.6 is 11.6 Å². The zero-order chi connectivity index (χ0) is 24.0. The molecule has 0 heterocycles. The molecule has 3 rings (SSSR count). The molecule has 33 heavy (non-hydrogen) atoms. The first-order chi connectivity index (χ1) is 15.8. The fourth-order valence-electron chi connectivity index (χ4n) is 3.02. The van der Waals surface area contributed by atoms with E-state index in [4.69, 9.17) is 26.2 Å². The van der Waals surface area contributed by atoms with E-state index in [1.807, 2.05) is 0 Å². The first kappa shape index (κ1) is 23.3. The second-order valence-corrected chi connectivity index (χ2v) is 7.21. The first-order valence-corrected chi connectivity index (χ1v) is 9.89. The summed E-state index contributed by atoms with van der Waals surface area (Å²) in [6.45, 7) is 0.0340. The van der Waals surface area contributed by atoms with Crippen molar-refractivity contribution >= 4 is 34.9 Å². The zero-order valence-electron chi connectivity index (χ0n) is 17.3. The van der Waals surface area contributed by atoms with Gasteiger partial charge in [0.25, 0.3) is 5.69 Å². The fraction of sp³-hybridized carbons (Fsp3) is 0.0833. The molecule has 3 aromatic rings. The van der Waals surface area contributed by atoms with Gasteiger partial charge in [0.2, 0.25) is 0 Å². The Hall–Kier alpha value is -4.35. The van der Waals surface area contributed by atoms with E-state index in [0.717, 1.165) is 0 Å². The number of carboxylic acids is 1. The van der Waals surface area contributed by atoms with Crippen LogP contribution in [0.5, 0.6) is 11.5 Å². The number of rotatable bonds is 8. The Labute approximate surface area is 194 Å². The second kappa shape index (κ2) is 10.3. The van der Waals surface area contributed by atoms with Crippen LogP contribution in [0.1, 0.15) is 27.0 Å². The van der Waals surface area contributed by atoms with Gasteiger partial charge in [0.15, 0.2) is 11.5 Å². The molecule has 9 heteroatoms. The Bertz CT molecular complexity index is 1280. The average molecular weight is 465 g/mol. The summed E-state index contributed by atoms with van der Waals surface area (Å²) in [6.07, 6.45) is 1.59. The number of non-ortho nitro benzene ring substituents is 1. The van der Waals surface area contributed by atoms with Crippen LogP contribution in [0.15, 0.2) is 60.7 Å². The van der Waals surface area contributed by atoms with Gasteiger partial charge in [-0.2, -0.15) is 5.26 Å². The SMILES string of the molecule is COc1cc(/C=C(/C#N)c2ccc(C(=O)O)cc2)cc(Cl)c1OCc1cccc([N+](=O)[O-])c1. The first-order valence-electron chi connectivity index (χ1n) is 9.51. The molecule has 1 N–H and O–H groups in total. The Kier molecular flexibility index (Phi) is 7.28. The number of allylic oxidation sites excluding steroid dienone is 1. The molecule has 166 valence electrons. The number of halogens is 1. The predicted octanol–water partition coefficient (Wildman–Crippen LogP) is 5.60. The highest BCUT2D eigenvalue weighted by atomic mass is 35.5. The van der Waals surface area contributed by atoms with Crippen molar-refractivity contribution in [3.8, 4) is 17.6 Å². The molecule has 0 fully saturated rings. The third-order valence-corrected chi connectivity index (χ3v) is 4.91. The molecular formula is C24H17ClN2O6. The molecule has 0 aliphatic heterocycles. The summed E-state index contributed by atoms with van der Waals surface area (Å²) < 4.78 is 11.2. The van der Waals surface area contributed by atoms with Crippen LogP contribution < -0.4 is 9.47 Å². The number of nitro benzene ring substituents is 1. The quantitative estimate of drug-likeness (QED) is 0.199. The Morgan fingerprint density at radius 2 is 1.88 bits per heavy atom. The lowest BCUT2D eigenvalue weighted by atomic mass is 10.0. The molecule has 0 aromatic heterocycles. The summed E-state index contributed by atoms with van der Waals surface area (Å²) in [5, 5.41) is 29.8. The molecule has 0 aliphatic carbocycles. The Balaban J connectivity index is 1.87. The summed E-state index contributed by atoms with van der Waals surface area (Å²) in [5.41, 5.74) is 2.07. The topological polar surface area (TPSA) is 123 Å². The van der Waals surface area contributed by atoms with Gasteiger partial charge in [0.1, 0.15) is 6.61 Å². The zero-order valence-corrected chi connectivity index (χ0v) is 18.1. The summed E-state index contributed by atoms with van der Waals surface area (Å²) in [6, 6.07) is 17.3. The highest BCUT2D eigenvalue weighted by molar-refractivity contribution is 6.32. The monoisotopic (exact) mass is 464 g/mol.